The summed E-state index contributed by atoms with van der Waals surface area (Å²) < 4.78 is 7.83. The van der Waals surface area contributed by atoms with Crippen molar-refractivity contribution in [1.29, 1.82) is 0 Å². The van der Waals surface area contributed by atoms with Crippen molar-refractivity contribution in [3.8, 4) is 5.75 Å². The van der Waals surface area contributed by atoms with Gasteiger partial charge in [-0.25, -0.2) is 0 Å². The lowest BCUT2D eigenvalue weighted by atomic mass is 10.2. The first kappa shape index (κ1) is 20.9. The molecule has 0 saturated carbocycles. The van der Waals surface area contributed by atoms with Crippen LogP contribution >= 0.6 is 11.8 Å². The number of hydrogen-bond acceptors (Lipinski definition) is 5. The van der Waals surface area contributed by atoms with Crippen LogP contribution in [0, 0.1) is 6.92 Å². The first-order valence-corrected chi connectivity index (χ1v) is 10.7. The monoisotopic (exact) mass is 410 g/mol. The van der Waals surface area contributed by atoms with Gasteiger partial charge < -0.3 is 14.6 Å². The van der Waals surface area contributed by atoms with E-state index in [0.29, 0.717) is 18.3 Å². The second kappa shape index (κ2) is 10.1. The van der Waals surface area contributed by atoms with E-state index in [2.05, 4.69) is 34.6 Å². The number of rotatable bonds is 9. The van der Waals surface area contributed by atoms with Gasteiger partial charge in [0.25, 0.3) is 0 Å². The molecule has 152 valence electrons. The Morgan fingerprint density at radius 1 is 1.14 bits per heavy atom. The number of ether oxygens (including phenoxy) is 1. The van der Waals surface area contributed by atoms with Crippen LogP contribution in [0.5, 0.6) is 5.75 Å². The zero-order chi connectivity index (χ0) is 20.6. The number of aromatic nitrogens is 3. The number of nitrogens with zero attached hydrogens (tertiary/aromatic N) is 3. The Balaban J connectivity index is 1.56. The topological polar surface area (TPSA) is 69.0 Å². The molecule has 0 unspecified atom stereocenters. The van der Waals surface area contributed by atoms with Crippen molar-refractivity contribution in [3.05, 3.63) is 65.5 Å². The number of nitrogens with one attached hydrogen (secondary N) is 1. The van der Waals surface area contributed by atoms with E-state index in [1.807, 2.05) is 54.8 Å². The van der Waals surface area contributed by atoms with Gasteiger partial charge in [0.15, 0.2) is 11.0 Å². The van der Waals surface area contributed by atoms with Crippen molar-refractivity contribution >= 4 is 23.4 Å². The summed E-state index contributed by atoms with van der Waals surface area (Å²) in [7, 11) is 0. The van der Waals surface area contributed by atoms with Gasteiger partial charge >= 0.3 is 0 Å². The highest BCUT2D eigenvalue weighted by Gasteiger charge is 2.14. The summed E-state index contributed by atoms with van der Waals surface area (Å²) in [5.41, 5.74) is 3.18. The quantitative estimate of drug-likeness (QED) is 0.527. The normalized spacial score (nSPS) is 10.7. The predicted octanol–water partition coefficient (Wildman–Crippen LogP) is 4.48. The molecule has 6 nitrogen and oxygen atoms in total. The van der Waals surface area contributed by atoms with Crippen molar-refractivity contribution in [2.75, 3.05) is 11.1 Å². The maximum Gasteiger partial charge on any atom is 0.234 e. The minimum Gasteiger partial charge on any atom is -0.486 e. The summed E-state index contributed by atoms with van der Waals surface area (Å²) in [6, 6.07) is 15.8. The first-order chi connectivity index (χ1) is 14.1. The van der Waals surface area contributed by atoms with E-state index in [-0.39, 0.29) is 11.7 Å². The molecular weight excluding hydrogens is 384 g/mol. The van der Waals surface area contributed by atoms with Gasteiger partial charge in [0.05, 0.1) is 5.75 Å². The van der Waals surface area contributed by atoms with Gasteiger partial charge in [-0.15, -0.1) is 10.2 Å². The lowest BCUT2D eigenvalue weighted by molar-refractivity contribution is -0.113. The van der Waals surface area contributed by atoms with E-state index in [4.69, 9.17) is 4.74 Å². The molecule has 29 heavy (non-hydrogen) atoms. The number of anilines is 1. The molecule has 2 aromatic carbocycles. The van der Waals surface area contributed by atoms with Crippen LogP contribution in [-0.2, 0) is 24.4 Å². The third-order valence-corrected chi connectivity index (χ3v) is 5.41. The van der Waals surface area contributed by atoms with E-state index in [1.54, 1.807) is 0 Å². The number of thioether (sulfide) groups is 1. The predicted molar refractivity (Wildman–Crippen MR) is 116 cm³/mol. The fourth-order valence-corrected chi connectivity index (χ4v) is 3.69. The zero-order valence-electron chi connectivity index (χ0n) is 17.0. The molecule has 3 aromatic rings. The molecular formula is C22H26N4O2S. The first-order valence-electron chi connectivity index (χ1n) is 9.72. The summed E-state index contributed by atoms with van der Waals surface area (Å²) >= 11 is 1.37. The van der Waals surface area contributed by atoms with Crippen LogP contribution in [0.1, 0.15) is 30.8 Å². The molecule has 1 aromatic heterocycles. The van der Waals surface area contributed by atoms with Crippen molar-refractivity contribution in [2.45, 2.75) is 45.5 Å². The Bertz CT molecular complexity index is 954. The van der Waals surface area contributed by atoms with Gasteiger partial charge in [-0.05, 0) is 55.7 Å². The van der Waals surface area contributed by atoms with Crippen molar-refractivity contribution < 1.29 is 9.53 Å². The highest BCUT2D eigenvalue weighted by atomic mass is 32.2. The van der Waals surface area contributed by atoms with Crippen molar-refractivity contribution in [1.82, 2.24) is 14.8 Å². The van der Waals surface area contributed by atoms with Crippen LogP contribution in [0.4, 0.5) is 5.69 Å². The third kappa shape index (κ3) is 5.84. The second-order valence-electron chi connectivity index (χ2n) is 6.64. The molecule has 0 saturated heterocycles. The van der Waals surface area contributed by atoms with Gasteiger partial charge in [-0.3, -0.25) is 4.79 Å². The number of carbonyl (C=O) groups is 1. The Kier molecular flexibility index (Phi) is 7.30. The fourth-order valence-electron chi connectivity index (χ4n) is 2.87. The highest BCUT2D eigenvalue weighted by molar-refractivity contribution is 7.99. The van der Waals surface area contributed by atoms with Gasteiger partial charge in [-0.2, -0.15) is 0 Å². The molecule has 0 aliphatic carbocycles. The zero-order valence-corrected chi connectivity index (χ0v) is 17.8. The van der Waals surface area contributed by atoms with E-state index in [9.17, 15) is 4.79 Å². The van der Waals surface area contributed by atoms with E-state index in [0.717, 1.165) is 29.2 Å². The largest absolute Gasteiger partial charge is 0.486 e. The minimum atomic E-state index is -0.0694. The van der Waals surface area contributed by atoms with Crippen LogP contribution in [0.3, 0.4) is 0 Å². The average Bonchev–Trinajstić information content (AvgIpc) is 3.13. The number of benzene rings is 2. The molecule has 0 aliphatic heterocycles. The molecule has 0 spiro atoms. The van der Waals surface area contributed by atoms with Crippen LogP contribution in [0.2, 0.25) is 0 Å². The molecule has 0 aliphatic rings. The van der Waals surface area contributed by atoms with E-state index >= 15 is 0 Å². The van der Waals surface area contributed by atoms with Gasteiger partial charge in [-0.1, -0.05) is 43.0 Å². The van der Waals surface area contributed by atoms with Crippen LogP contribution in [0.25, 0.3) is 0 Å². The fraction of sp³-hybridized carbons (Fsp3) is 0.318. The third-order valence-electron chi connectivity index (χ3n) is 4.44. The van der Waals surface area contributed by atoms with E-state index < -0.39 is 0 Å². The Labute approximate surface area is 175 Å². The van der Waals surface area contributed by atoms with Gasteiger partial charge in [0.1, 0.15) is 12.4 Å². The Morgan fingerprint density at radius 2 is 1.93 bits per heavy atom. The van der Waals surface area contributed by atoms with Gasteiger partial charge in [0, 0.05) is 12.2 Å². The molecule has 0 bridgehead atoms. The molecule has 7 heteroatoms. The Morgan fingerprint density at radius 3 is 2.62 bits per heavy atom. The van der Waals surface area contributed by atoms with Crippen molar-refractivity contribution in [2.24, 2.45) is 0 Å². The summed E-state index contributed by atoms with van der Waals surface area (Å²) in [5.74, 6) is 1.75. The van der Waals surface area contributed by atoms with Crippen molar-refractivity contribution in [3.63, 3.8) is 0 Å². The Hall–Kier alpha value is -2.80. The molecule has 3 rings (SSSR count). The summed E-state index contributed by atoms with van der Waals surface area (Å²) in [6.07, 6.45) is 1.00. The molecule has 1 amide bonds. The number of aryl methyl sites for hydroxylation is 2. The molecule has 0 radical (unpaired) electrons. The minimum absolute atomic E-state index is 0.0694. The summed E-state index contributed by atoms with van der Waals surface area (Å²) in [4.78, 5) is 12.3. The molecule has 0 fully saturated rings. The van der Waals surface area contributed by atoms with E-state index in [1.165, 1.54) is 17.3 Å². The number of hydrogen-bond donors (Lipinski definition) is 1. The maximum absolute atomic E-state index is 12.3. The summed E-state index contributed by atoms with van der Waals surface area (Å²) in [5, 5.41) is 12.1. The lowest BCUT2D eigenvalue weighted by Crippen LogP contribution is -2.15. The number of carbonyl (C=O) groups excluding carboxylic acids is 1. The SMILES string of the molecule is CCc1ccc(OCc2nnc(SCC(=O)Nc3cccc(C)c3)n2CC)cc1. The second-order valence-corrected chi connectivity index (χ2v) is 7.58. The van der Waals surface area contributed by atoms with Crippen LogP contribution in [-0.4, -0.2) is 26.4 Å². The van der Waals surface area contributed by atoms with Crippen LogP contribution < -0.4 is 10.1 Å². The van der Waals surface area contributed by atoms with Crippen LogP contribution in [0.15, 0.2) is 53.7 Å². The maximum atomic E-state index is 12.3. The highest BCUT2D eigenvalue weighted by Crippen LogP contribution is 2.20. The van der Waals surface area contributed by atoms with Gasteiger partial charge in [0.2, 0.25) is 5.91 Å². The average molecular weight is 411 g/mol. The molecule has 0 atom stereocenters. The molecule has 1 N–H and O–H groups in total. The smallest absolute Gasteiger partial charge is 0.234 e. The summed E-state index contributed by atoms with van der Waals surface area (Å²) in [6.45, 7) is 7.19. The molecule has 1 heterocycles. The number of amides is 1. The lowest BCUT2D eigenvalue weighted by Gasteiger charge is -2.09. The standard InChI is InChI=1S/C22H26N4O2S/c1-4-17-9-11-19(12-10-17)28-14-20-24-25-22(26(20)5-2)29-15-21(27)23-18-8-6-7-16(3)13-18/h6-13H,4-5,14-15H2,1-3H3,(H,23,27).